The summed E-state index contributed by atoms with van der Waals surface area (Å²) in [7, 11) is 4.03. The predicted molar refractivity (Wildman–Crippen MR) is 131 cm³/mol. The van der Waals surface area contributed by atoms with Crippen LogP contribution in [0.15, 0.2) is 77.4 Å². The van der Waals surface area contributed by atoms with Gasteiger partial charge in [-0.1, -0.05) is 36.4 Å². The minimum Gasteiger partial charge on any atom is -0.454 e. The average molecular weight is 441 g/mol. The number of aromatic nitrogens is 2. The van der Waals surface area contributed by atoms with Gasteiger partial charge in [-0.25, -0.2) is 4.68 Å². The molecule has 6 nitrogen and oxygen atoms in total. The molecule has 0 radical (unpaired) electrons. The zero-order chi connectivity index (χ0) is 22.8. The van der Waals surface area contributed by atoms with E-state index in [0.717, 1.165) is 48.2 Å². The zero-order valence-electron chi connectivity index (χ0n) is 19.0. The number of amides is 1. The predicted octanol–water partition coefficient (Wildman–Crippen LogP) is 4.85. The molecule has 33 heavy (non-hydrogen) atoms. The topological polar surface area (TPSA) is 54.5 Å². The number of para-hydroxylation sites is 2. The van der Waals surface area contributed by atoms with E-state index < -0.39 is 0 Å². The molecule has 1 amide bonds. The fourth-order valence-corrected chi connectivity index (χ4v) is 4.35. The van der Waals surface area contributed by atoms with Crippen LogP contribution in [0.1, 0.15) is 18.4 Å². The van der Waals surface area contributed by atoms with Crippen molar-refractivity contribution >= 4 is 23.0 Å². The van der Waals surface area contributed by atoms with Gasteiger partial charge in [-0.2, -0.15) is 5.10 Å². The van der Waals surface area contributed by atoms with E-state index >= 15 is 0 Å². The summed E-state index contributed by atoms with van der Waals surface area (Å²) in [4.78, 5) is 17.1. The first-order valence-electron chi connectivity index (χ1n) is 11.4. The normalized spacial score (nSPS) is 15.5. The Bertz CT molecular complexity index is 1250. The number of piperidine rings is 1. The van der Waals surface area contributed by atoms with Crippen LogP contribution >= 0.6 is 0 Å². The fraction of sp³-hybridized carbons (Fsp3) is 0.259. The second kappa shape index (κ2) is 9.08. The third-order valence-electron chi connectivity index (χ3n) is 6.41. The highest BCUT2D eigenvalue weighted by Gasteiger charge is 2.23. The van der Waals surface area contributed by atoms with Gasteiger partial charge in [-0.05, 0) is 63.3 Å². The molecule has 5 rings (SSSR count). The lowest BCUT2D eigenvalue weighted by molar-refractivity contribution is -0.127. The highest BCUT2D eigenvalue weighted by molar-refractivity contribution is 5.93. The Labute approximate surface area is 193 Å². The Hall–Kier alpha value is -3.64. The minimum atomic E-state index is 0.00701. The number of carbonyl (C=O) groups excluding carboxylic acids is 1. The number of furan rings is 1. The van der Waals surface area contributed by atoms with Crippen LogP contribution in [0.2, 0.25) is 0 Å². The fourth-order valence-electron chi connectivity index (χ4n) is 4.35. The molecule has 3 heterocycles. The number of nitrogens with zero attached hydrogens (tertiary/aromatic N) is 4. The number of hydrogen-bond acceptors (Lipinski definition) is 4. The summed E-state index contributed by atoms with van der Waals surface area (Å²) < 4.78 is 7.92. The Morgan fingerprint density at radius 1 is 1.09 bits per heavy atom. The van der Waals surface area contributed by atoms with Gasteiger partial charge in [0, 0.05) is 36.3 Å². The van der Waals surface area contributed by atoms with Crippen molar-refractivity contribution in [1.29, 1.82) is 0 Å². The van der Waals surface area contributed by atoms with E-state index in [1.54, 1.807) is 6.08 Å². The first kappa shape index (κ1) is 21.2. The van der Waals surface area contributed by atoms with Crippen LogP contribution < -0.4 is 0 Å². The number of benzene rings is 2. The van der Waals surface area contributed by atoms with Crippen molar-refractivity contribution < 1.29 is 9.21 Å². The molecule has 4 aromatic rings. The Morgan fingerprint density at radius 2 is 1.82 bits per heavy atom. The van der Waals surface area contributed by atoms with Crippen molar-refractivity contribution in [3.63, 3.8) is 0 Å². The largest absolute Gasteiger partial charge is 0.454 e. The molecule has 0 spiro atoms. The van der Waals surface area contributed by atoms with Crippen LogP contribution in [0, 0.1) is 0 Å². The number of hydrogen-bond donors (Lipinski definition) is 0. The molecule has 2 aromatic carbocycles. The maximum atomic E-state index is 12.9. The van der Waals surface area contributed by atoms with Gasteiger partial charge in [-0.3, -0.25) is 4.79 Å². The Balaban J connectivity index is 1.46. The van der Waals surface area contributed by atoms with E-state index in [1.165, 1.54) is 0 Å². The standard InChI is InChI=1S/C27H28N4O2/c1-29-16-14-22(15-17-29)30(2)26(32)13-12-21-19-31(23-9-4-3-5-10-23)28-27(21)25-18-20-8-6-7-11-24(20)33-25/h3-13,18-19,22H,14-17H2,1-2H3. The summed E-state index contributed by atoms with van der Waals surface area (Å²) in [6.45, 7) is 2.04. The van der Waals surface area contributed by atoms with Gasteiger partial charge in [0.25, 0.3) is 0 Å². The second-order valence-electron chi connectivity index (χ2n) is 8.68. The molecule has 6 heteroatoms. The molecule has 0 unspecified atom stereocenters. The number of fused-ring (bicyclic) bond motifs is 1. The number of rotatable bonds is 5. The first-order valence-corrected chi connectivity index (χ1v) is 11.4. The van der Waals surface area contributed by atoms with Crippen molar-refractivity contribution in [2.75, 3.05) is 27.2 Å². The van der Waals surface area contributed by atoms with Crippen LogP contribution in [0.5, 0.6) is 0 Å². The highest BCUT2D eigenvalue weighted by atomic mass is 16.3. The zero-order valence-corrected chi connectivity index (χ0v) is 19.0. The Morgan fingerprint density at radius 3 is 2.58 bits per heavy atom. The van der Waals surface area contributed by atoms with Crippen LogP contribution in [-0.2, 0) is 4.79 Å². The first-order chi connectivity index (χ1) is 16.1. The van der Waals surface area contributed by atoms with Crippen LogP contribution in [0.25, 0.3) is 34.2 Å². The van der Waals surface area contributed by atoms with Crippen molar-refractivity contribution in [2.45, 2.75) is 18.9 Å². The van der Waals surface area contributed by atoms with Crippen molar-refractivity contribution in [3.8, 4) is 17.1 Å². The average Bonchev–Trinajstić information content (AvgIpc) is 3.47. The number of likely N-dealkylation sites (N-methyl/N-ethyl adjacent to an activating group) is 1. The van der Waals surface area contributed by atoms with Gasteiger partial charge in [0.15, 0.2) is 5.76 Å². The monoisotopic (exact) mass is 440 g/mol. The van der Waals surface area contributed by atoms with Crippen LogP contribution in [0.4, 0.5) is 0 Å². The third kappa shape index (κ3) is 4.47. The maximum Gasteiger partial charge on any atom is 0.246 e. The van der Waals surface area contributed by atoms with Gasteiger partial charge >= 0.3 is 0 Å². The number of carbonyl (C=O) groups is 1. The van der Waals surface area contributed by atoms with Crippen LogP contribution in [0.3, 0.4) is 0 Å². The molecule has 0 N–H and O–H groups in total. The van der Waals surface area contributed by atoms with E-state index in [2.05, 4.69) is 11.9 Å². The van der Waals surface area contributed by atoms with Gasteiger partial charge in [-0.15, -0.1) is 0 Å². The lowest BCUT2D eigenvalue weighted by atomic mass is 10.0. The molecule has 0 bridgehead atoms. The quantitative estimate of drug-likeness (QED) is 0.416. The van der Waals surface area contributed by atoms with E-state index in [1.807, 2.05) is 89.6 Å². The van der Waals surface area contributed by atoms with Crippen LogP contribution in [-0.4, -0.2) is 58.7 Å². The summed E-state index contributed by atoms with van der Waals surface area (Å²) in [6, 6.07) is 20.1. The minimum absolute atomic E-state index is 0.00701. The molecule has 0 atom stereocenters. The van der Waals surface area contributed by atoms with E-state index in [-0.39, 0.29) is 11.9 Å². The molecular weight excluding hydrogens is 412 g/mol. The molecular formula is C27H28N4O2. The molecule has 0 aliphatic carbocycles. The number of likely N-dealkylation sites (tertiary alicyclic amines) is 1. The van der Waals surface area contributed by atoms with Gasteiger partial charge < -0.3 is 14.2 Å². The van der Waals surface area contributed by atoms with Gasteiger partial charge in [0.05, 0.1) is 5.69 Å². The molecule has 1 aliphatic heterocycles. The Kier molecular flexibility index (Phi) is 5.84. The lowest BCUT2D eigenvalue weighted by Gasteiger charge is -2.34. The summed E-state index contributed by atoms with van der Waals surface area (Å²) in [5.41, 5.74) is 3.31. The van der Waals surface area contributed by atoms with Crippen molar-refractivity contribution in [1.82, 2.24) is 19.6 Å². The molecule has 1 fully saturated rings. The van der Waals surface area contributed by atoms with E-state index in [9.17, 15) is 4.79 Å². The maximum absolute atomic E-state index is 12.9. The molecule has 1 aliphatic rings. The molecule has 168 valence electrons. The molecule has 2 aromatic heterocycles. The molecule has 1 saturated heterocycles. The summed E-state index contributed by atoms with van der Waals surface area (Å²) >= 11 is 0. The van der Waals surface area contributed by atoms with Gasteiger partial charge in [0.2, 0.25) is 5.91 Å². The highest BCUT2D eigenvalue weighted by Crippen LogP contribution is 2.30. The second-order valence-corrected chi connectivity index (χ2v) is 8.68. The van der Waals surface area contributed by atoms with E-state index in [4.69, 9.17) is 9.52 Å². The third-order valence-corrected chi connectivity index (χ3v) is 6.41. The van der Waals surface area contributed by atoms with Crippen molar-refractivity contribution in [3.05, 3.63) is 78.5 Å². The lowest BCUT2D eigenvalue weighted by Crippen LogP contribution is -2.43. The van der Waals surface area contributed by atoms with E-state index in [0.29, 0.717) is 11.5 Å². The summed E-state index contributed by atoms with van der Waals surface area (Å²) in [6.07, 6.45) is 7.45. The molecule has 0 saturated carbocycles. The summed E-state index contributed by atoms with van der Waals surface area (Å²) in [5, 5.41) is 5.83. The smallest absolute Gasteiger partial charge is 0.246 e. The van der Waals surface area contributed by atoms with Gasteiger partial charge in [0.1, 0.15) is 11.3 Å². The summed E-state index contributed by atoms with van der Waals surface area (Å²) in [5.74, 6) is 0.689. The van der Waals surface area contributed by atoms with Crippen molar-refractivity contribution in [2.24, 2.45) is 0 Å². The SMILES string of the molecule is CN1CCC(N(C)C(=O)C=Cc2cn(-c3ccccc3)nc2-c2cc3ccccc3o2)CC1.